The highest BCUT2D eigenvalue weighted by Crippen LogP contribution is 2.37. The van der Waals surface area contributed by atoms with E-state index < -0.39 is 10.0 Å². The van der Waals surface area contributed by atoms with Crippen molar-refractivity contribution in [3.63, 3.8) is 0 Å². The van der Waals surface area contributed by atoms with Crippen LogP contribution in [0.1, 0.15) is 24.8 Å². The van der Waals surface area contributed by atoms with Gasteiger partial charge in [0.2, 0.25) is 0 Å². The van der Waals surface area contributed by atoms with Crippen LogP contribution in [0.2, 0.25) is 0 Å². The molecule has 0 aromatic heterocycles. The zero-order chi connectivity index (χ0) is 21.7. The number of anilines is 1. The predicted octanol–water partition coefficient (Wildman–Crippen LogP) is 6.15. The van der Waals surface area contributed by atoms with Crippen LogP contribution in [0.3, 0.4) is 0 Å². The fourth-order valence-corrected chi connectivity index (χ4v) is 5.94. The molecule has 1 heterocycles. The third-order valence-electron chi connectivity index (χ3n) is 5.41. The predicted molar refractivity (Wildman–Crippen MR) is 130 cm³/mol. The summed E-state index contributed by atoms with van der Waals surface area (Å²) in [5.41, 5.74) is 3.78. The minimum atomic E-state index is -3.69. The average Bonchev–Trinajstić information content (AvgIpc) is 3.02. The lowest BCUT2D eigenvalue weighted by molar-refractivity contribution is 0.502. The van der Waals surface area contributed by atoms with E-state index in [-0.39, 0.29) is 0 Å². The number of nitrogens with one attached hydrogen (secondary N) is 1. The summed E-state index contributed by atoms with van der Waals surface area (Å²) in [4.78, 5) is 0.317. The number of nitrogens with zero attached hydrogens (tertiary/aromatic N) is 1. The molecule has 0 unspecified atom stereocenters. The van der Waals surface area contributed by atoms with E-state index in [1.165, 1.54) is 0 Å². The molecule has 0 bridgehead atoms. The molecule has 0 radical (unpaired) electrons. The summed E-state index contributed by atoms with van der Waals surface area (Å²) in [5.74, 6) is 0. The summed E-state index contributed by atoms with van der Waals surface area (Å²) >= 11 is 3.66. The van der Waals surface area contributed by atoms with Crippen molar-refractivity contribution in [3.8, 4) is 0 Å². The maximum Gasteiger partial charge on any atom is 0.264 e. The van der Waals surface area contributed by atoms with Gasteiger partial charge in [0.15, 0.2) is 0 Å². The molecule has 0 fully saturated rings. The Hall–Kier alpha value is -2.57. The molecule has 1 aliphatic rings. The standard InChI is InChI=1S/C25H25BrN2O2S/c26-24-17-8-7-16-23(24)25-20(19-27-21-12-3-1-4-13-21)11-9-10-18-28(25)31(29,30)22-14-5-2-6-15-22/h1-8,12-17,27H,9-11,18-19H2. The van der Waals surface area contributed by atoms with E-state index in [1.54, 1.807) is 28.6 Å². The van der Waals surface area contributed by atoms with E-state index in [0.717, 1.165) is 46.3 Å². The van der Waals surface area contributed by atoms with Gasteiger partial charge in [-0.25, -0.2) is 8.42 Å². The molecular weight excluding hydrogens is 472 g/mol. The van der Waals surface area contributed by atoms with Gasteiger partial charge in [-0.05, 0) is 55.2 Å². The van der Waals surface area contributed by atoms with Crippen molar-refractivity contribution >= 4 is 37.3 Å². The van der Waals surface area contributed by atoms with Crippen molar-refractivity contribution < 1.29 is 8.42 Å². The molecule has 1 aliphatic heterocycles. The summed E-state index contributed by atoms with van der Waals surface area (Å²) in [6.45, 7) is 1.05. The van der Waals surface area contributed by atoms with E-state index in [4.69, 9.17) is 0 Å². The maximum absolute atomic E-state index is 13.7. The summed E-state index contributed by atoms with van der Waals surface area (Å²) in [7, 11) is -3.69. The molecule has 31 heavy (non-hydrogen) atoms. The number of hydrogen-bond acceptors (Lipinski definition) is 3. The lowest BCUT2D eigenvalue weighted by atomic mass is 10.0. The van der Waals surface area contributed by atoms with Gasteiger partial charge in [0, 0.05) is 28.8 Å². The van der Waals surface area contributed by atoms with Crippen LogP contribution in [0.15, 0.2) is 99.9 Å². The quantitative estimate of drug-likeness (QED) is 0.445. The third-order valence-corrected chi connectivity index (χ3v) is 7.92. The number of sulfonamides is 1. The van der Waals surface area contributed by atoms with Gasteiger partial charge in [0.1, 0.15) is 0 Å². The molecule has 1 N–H and O–H groups in total. The molecule has 4 rings (SSSR count). The van der Waals surface area contributed by atoms with Crippen molar-refractivity contribution in [2.24, 2.45) is 0 Å². The van der Waals surface area contributed by atoms with Gasteiger partial charge >= 0.3 is 0 Å². The Morgan fingerprint density at radius 3 is 2.19 bits per heavy atom. The first-order valence-electron chi connectivity index (χ1n) is 10.4. The van der Waals surface area contributed by atoms with Crippen LogP contribution in [0, 0.1) is 0 Å². The second-order valence-corrected chi connectivity index (χ2v) is 10.2. The van der Waals surface area contributed by atoms with Gasteiger partial charge in [0.05, 0.1) is 10.6 Å². The highest BCUT2D eigenvalue weighted by Gasteiger charge is 2.31. The maximum atomic E-state index is 13.7. The Bertz CT molecular complexity index is 1160. The highest BCUT2D eigenvalue weighted by molar-refractivity contribution is 9.10. The molecular formula is C25H25BrN2O2S. The average molecular weight is 497 g/mol. The molecule has 4 nitrogen and oxygen atoms in total. The normalized spacial score (nSPS) is 14.9. The summed E-state index contributed by atoms with van der Waals surface area (Å²) < 4.78 is 29.9. The summed E-state index contributed by atoms with van der Waals surface area (Å²) in [6, 6.07) is 26.6. The fourth-order valence-electron chi connectivity index (χ4n) is 3.88. The van der Waals surface area contributed by atoms with Gasteiger partial charge in [-0.1, -0.05) is 70.5 Å². The lowest BCUT2D eigenvalue weighted by Crippen LogP contribution is -2.31. The summed E-state index contributed by atoms with van der Waals surface area (Å²) in [5, 5.41) is 3.48. The number of hydrogen-bond donors (Lipinski definition) is 1. The van der Waals surface area contributed by atoms with Crippen molar-refractivity contribution in [1.82, 2.24) is 4.31 Å². The molecule has 6 heteroatoms. The minimum absolute atomic E-state index is 0.317. The molecule has 0 saturated heterocycles. The molecule has 0 spiro atoms. The van der Waals surface area contributed by atoms with Gasteiger partial charge in [-0.15, -0.1) is 0 Å². The Morgan fingerprint density at radius 2 is 1.48 bits per heavy atom. The van der Waals surface area contributed by atoms with Crippen LogP contribution in [0.25, 0.3) is 5.70 Å². The highest BCUT2D eigenvalue weighted by atomic mass is 79.9. The first-order valence-corrected chi connectivity index (χ1v) is 12.6. The van der Waals surface area contributed by atoms with E-state index >= 15 is 0 Å². The molecule has 0 saturated carbocycles. The van der Waals surface area contributed by atoms with Crippen molar-refractivity contribution in [2.45, 2.75) is 24.2 Å². The van der Waals surface area contributed by atoms with Crippen LogP contribution in [0.4, 0.5) is 5.69 Å². The first kappa shape index (κ1) is 21.7. The Kier molecular flexibility index (Phi) is 6.78. The van der Waals surface area contributed by atoms with Gasteiger partial charge in [-0.2, -0.15) is 0 Å². The molecule has 0 amide bonds. The third kappa shape index (κ3) is 4.86. The van der Waals surface area contributed by atoms with Gasteiger partial charge in [-0.3, -0.25) is 4.31 Å². The number of para-hydroxylation sites is 1. The lowest BCUT2D eigenvalue weighted by Gasteiger charge is -2.28. The van der Waals surface area contributed by atoms with Gasteiger partial charge in [0.25, 0.3) is 10.0 Å². The van der Waals surface area contributed by atoms with Crippen molar-refractivity contribution in [3.05, 3.63) is 101 Å². The van der Waals surface area contributed by atoms with E-state index in [1.807, 2.05) is 60.7 Å². The zero-order valence-corrected chi connectivity index (χ0v) is 19.6. The Morgan fingerprint density at radius 1 is 0.839 bits per heavy atom. The number of rotatable bonds is 6. The van der Waals surface area contributed by atoms with E-state index in [2.05, 4.69) is 21.2 Å². The number of benzene rings is 3. The molecule has 160 valence electrons. The molecule has 3 aromatic carbocycles. The van der Waals surface area contributed by atoms with E-state index in [9.17, 15) is 8.42 Å². The monoisotopic (exact) mass is 496 g/mol. The molecule has 0 aliphatic carbocycles. The SMILES string of the molecule is O=S(=O)(c1ccccc1)N1CCCCC(CNc2ccccc2)=C1c1ccccc1Br. The fraction of sp³-hybridized carbons (Fsp3) is 0.200. The van der Waals surface area contributed by atoms with Crippen molar-refractivity contribution in [1.29, 1.82) is 0 Å². The smallest absolute Gasteiger partial charge is 0.264 e. The Balaban J connectivity index is 1.83. The first-order chi connectivity index (χ1) is 15.1. The van der Waals surface area contributed by atoms with Crippen LogP contribution < -0.4 is 5.32 Å². The van der Waals surface area contributed by atoms with Crippen LogP contribution in [-0.4, -0.2) is 25.8 Å². The largest absolute Gasteiger partial charge is 0.381 e. The second-order valence-electron chi connectivity index (χ2n) is 7.50. The Labute approximate surface area is 192 Å². The van der Waals surface area contributed by atoms with Crippen molar-refractivity contribution in [2.75, 3.05) is 18.4 Å². The molecule has 3 aromatic rings. The minimum Gasteiger partial charge on any atom is -0.381 e. The van der Waals surface area contributed by atoms with Crippen LogP contribution in [0.5, 0.6) is 0 Å². The molecule has 0 atom stereocenters. The van der Waals surface area contributed by atoms with Gasteiger partial charge < -0.3 is 5.32 Å². The number of halogens is 1. The van der Waals surface area contributed by atoms with E-state index in [0.29, 0.717) is 18.0 Å². The van der Waals surface area contributed by atoms with Crippen LogP contribution in [-0.2, 0) is 10.0 Å². The summed E-state index contributed by atoms with van der Waals surface area (Å²) in [6.07, 6.45) is 2.60. The second kappa shape index (κ2) is 9.71. The topological polar surface area (TPSA) is 49.4 Å². The van der Waals surface area contributed by atoms with Crippen LogP contribution >= 0.6 is 15.9 Å². The zero-order valence-electron chi connectivity index (χ0n) is 17.2.